The average Bonchev–Trinajstić information content (AvgIpc) is 3.75. The Kier molecular flexibility index (Phi) is 5.38. The summed E-state index contributed by atoms with van der Waals surface area (Å²) < 4.78 is 0. The summed E-state index contributed by atoms with van der Waals surface area (Å²) in [6, 6.07) is 5.95. The number of hydrogen-bond acceptors (Lipinski definition) is 18. The summed E-state index contributed by atoms with van der Waals surface area (Å²) in [5, 5.41) is 30.4. The van der Waals surface area contributed by atoms with Crippen molar-refractivity contribution in [3.05, 3.63) is 105 Å². The van der Waals surface area contributed by atoms with E-state index in [1.54, 1.807) is 0 Å². The molecule has 7 rings (SSSR count). The second kappa shape index (κ2) is 9.49. The number of nitriles is 3. The zero-order valence-corrected chi connectivity index (χ0v) is 20.5. The number of rotatable bonds is 3. The summed E-state index contributed by atoms with van der Waals surface area (Å²) in [5.41, 5.74) is 0.534. The third-order valence-corrected chi connectivity index (χ3v) is 5.56. The molecule has 0 aliphatic carbocycles. The molecular weight excluding hydrogens is 540 g/mol. The number of aromatic nitrogens is 9. The zero-order valence-electron chi connectivity index (χ0n) is 20.5. The molecule has 0 atom stereocenters. The van der Waals surface area contributed by atoms with Crippen molar-refractivity contribution in [2.45, 2.75) is 0 Å². The Bertz CT molecular complexity index is 2100. The molecule has 0 unspecified atom stereocenters. The van der Waals surface area contributed by atoms with E-state index in [1.165, 1.54) is 37.2 Å². The lowest BCUT2D eigenvalue weighted by Crippen LogP contribution is -2.27. The molecule has 0 saturated carbocycles. The lowest BCUT2D eigenvalue weighted by atomic mass is 10.2. The van der Waals surface area contributed by atoms with Gasteiger partial charge in [-0.05, 0) is 0 Å². The zero-order chi connectivity index (χ0) is 28.6. The van der Waals surface area contributed by atoms with Crippen LogP contribution in [0.2, 0.25) is 0 Å². The Labute approximate surface area is 230 Å². The Morgan fingerprint density at radius 3 is 0.786 bits per heavy atom. The molecule has 0 fully saturated rings. The molecule has 0 spiro atoms. The summed E-state index contributed by atoms with van der Waals surface area (Å²) in [4.78, 5) is 63.1. The standard InChI is InChI=1S/C24H6N18/c25-7-10(16-37-19-20(38-16)29-2-1-28-19)13-34-14(11(8-26)17-39-21-22(40-17)31-4-3-30-21)36-15(35-13)12(9-27)18-41-23-24(42-18)33-6-5-32-23/h1-6H. The lowest BCUT2D eigenvalue weighted by molar-refractivity contribution is 0.958. The third kappa shape index (κ3) is 3.92. The molecule has 42 heavy (non-hydrogen) atoms. The Balaban J connectivity index is 1.50. The number of allylic oxidation sites excluding steroid dienone is 3. The van der Waals surface area contributed by atoms with Crippen LogP contribution in [0, 0.1) is 34.0 Å². The van der Waals surface area contributed by atoms with Gasteiger partial charge in [-0.2, -0.15) is 15.8 Å². The van der Waals surface area contributed by atoms with Gasteiger partial charge in [-0.15, -0.1) is 0 Å². The highest BCUT2D eigenvalue weighted by atomic mass is 15.1. The summed E-state index contributed by atoms with van der Waals surface area (Å²) >= 11 is 0. The van der Waals surface area contributed by atoms with E-state index >= 15 is 0 Å². The summed E-state index contributed by atoms with van der Waals surface area (Å²) in [5.74, 6) is -1.00. The van der Waals surface area contributed by atoms with Gasteiger partial charge in [0.15, 0.2) is 67.9 Å². The monoisotopic (exact) mass is 546 g/mol. The number of nitrogens with zero attached hydrogens (tertiary/aromatic N) is 18. The fourth-order valence-corrected chi connectivity index (χ4v) is 3.77. The molecule has 0 saturated heterocycles. The Hall–Kier alpha value is -7.26. The molecule has 3 aliphatic heterocycles. The molecular formula is C24H6N18. The Morgan fingerprint density at radius 2 is 0.595 bits per heavy atom. The van der Waals surface area contributed by atoms with Gasteiger partial charge in [0.1, 0.15) is 34.9 Å². The molecule has 3 aliphatic rings. The molecule has 0 amide bonds. The fourth-order valence-electron chi connectivity index (χ4n) is 3.77. The van der Waals surface area contributed by atoms with E-state index in [2.05, 4.69) is 74.8 Å². The smallest absolute Gasteiger partial charge is 0.199 e. The van der Waals surface area contributed by atoms with Crippen molar-refractivity contribution < 1.29 is 0 Å². The highest BCUT2D eigenvalue weighted by molar-refractivity contribution is 5.82. The molecule has 4 aromatic heterocycles. The molecule has 0 bridgehead atoms. The summed E-state index contributed by atoms with van der Waals surface area (Å²) in [6.45, 7) is 0. The van der Waals surface area contributed by atoms with Gasteiger partial charge < -0.3 is 0 Å². The van der Waals surface area contributed by atoms with Crippen molar-refractivity contribution in [1.29, 1.82) is 15.8 Å². The normalized spacial score (nSPS) is 13.2. The molecule has 7 heterocycles. The van der Waals surface area contributed by atoms with E-state index in [4.69, 9.17) is 0 Å². The van der Waals surface area contributed by atoms with Crippen LogP contribution in [-0.2, 0) is 0 Å². The minimum Gasteiger partial charge on any atom is -0.232 e. The minimum absolute atomic E-state index is 0.0776. The second-order valence-corrected chi connectivity index (χ2v) is 8.02. The molecule has 192 valence electrons. The van der Waals surface area contributed by atoms with Gasteiger partial charge in [0, 0.05) is 37.2 Å². The first-order valence-corrected chi connectivity index (χ1v) is 11.6. The van der Waals surface area contributed by atoms with E-state index in [0.717, 1.165) is 0 Å². The van der Waals surface area contributed by atoms with Crippen molar-refractivity contribution in [1.82, 2.24) is 44.9 Å². The predicted octanol–water partition coefficient (Wildman–Crippen LogP) is -3.32. The predicted molar refractivity (Wildman–Crippen MR) is 130 cm³/mol. The fraction of sp³-hybridized carbons (Fsp3) is 0. The van der Waals surface area contributed by atoms with Gasteiger partial charge in [-0.25, -0.2) is 74.8 Å². The van der Waals surface area contributed by atoms with Crippen molar-refractivity contribution in [3.8, 4) is 18.2 Å². The maximum Gasteiger partial charge on any atom is 0.199 e. The van der Waals surface area contributed by atoms with Crippen molar-refractivity contribution in [3.63, 3.8) is 0 Å². The van der Waals surface area contributed by atoms with Crippen molar-refractivity contribution >= 4 is 16.7 Å². The largest absolute Gasteiger partial charge is 0.232 e. The summed E-state index contributed by atoms with van der Waals surface area (Å²) in [6.07, 6.45) is 8.56. The van der Waals surface area contributed by atoms with E-state index in [1.807, 2.05) is 18.2 Å². The van der Waals surface area contributed by atoms with Crippen LogP contribution in [0.1, 0.15) is 17.5 Å². The molecule has 18 nitrogen and oxygen atoms in total. The van der Waals surface area contributed by atoms with E-state index in [9.17, 15) is 15.8 Å². The molecule has 18 heteroatoms. The molecule has 0 radical (unpaired) electrons. The highest BCUT2D eigenvalue weighted by Crippen LogP contribution is 2.25. The van der Waals surface area contributed by atoms with Crippen LogP contribution < -0.4 is 32.9 Å². The minimum atomic E-state index is -0.256. The highest BCUT2D eigenvalue weighted by Gasteiger charge is 2.25. The van der Waals surface area contributed by atoms with Gasteiger partial charge in [-0.3, -0.25) is 0 Å². The third-order valence-electron chi connectivity index (χ3n) is 5.56. The maximum absolute atomic E-state index is 10.1. The van der Waals surface area contributed by atoms with Crippen LogP contribution >= 0.6 is 0 Å². The van der Waals surface area contributed by atoms with Gasteiger partial charge >= 0.3 is 0 Å². The second-order valence-electron chi connectivity index (χ2n) is 8.02. The van der Waals surface area contributed by atoms with Crippen LogP contribution in [0.15, 0.2) is 84.6 Å². The van der Waals surface area contributed by atoms with Gasteiger partial charge in [-0.1, -0.05) is 0 Å². The first kappa shape index (κ1) is 23.8. The van der Waals surface area contributed by atoms with Crippen LogP contribution in [0.3, 0.4) is 0 Å². The SMILES string of the molecule is N#CC(=C1N=c2nccnc2=N1)c1nc(C(C#N)=C2N=c3nccnc3=N2)nc(C(C#N)=C2N=c3nccnc3=N2)n1. The quantitative estimate of drug-likeness (QED) is 0.228. The van der Waals surface area contributed by atoms with Crippen molar-refractivity contribution in [2.75, 3.05) is 0 Å². The number of fused-ring (bicyclic) bond motifs is 3. The van der Waals surface area contributed by atoms with E-state index < -0.39 is 0 Å². The van der Waals surface area contributed by atoms with Crippen LogP contribution in [0.4, 0.5) is 0 Å². The average molecular weight is 546 g/mol. The van der Waals surface area contributed by atoms with E-state index in [-0.39, 0.29) is 84.6 Å². The van der Waals surface area contributed by atoms with Crippen LogP contribution in [0.5, 0.6) is 0 Å². The van der Waals surface area contributed by atoms with E-state index in [0.29, 0.717) is 0 Å². The molecule has 0 N–H and O–H groups in total. The molecule has 4 aromatic rings. The van der Waals surface area contributed by atoms with Crippen LogP contribution in [-0.4, -0.2) is 44.9 Å². The van der Waals surface area contributed by atoms with Gasteiger partial charge in [0.05, 0.1) is 0 Å². The van der Waals surface area contributed by atoms with Gasteiger partial charge in [0.2, 0.25) is 0 Å². The first-order valence-electron chi connectivity index (χ1n) is 11.6. The molecule has 0 aromatic carbocycles. The maximum atomic E-state index is 10.1. The number of hydrogen-bond donors (Lipinski definition) is 0. The van der Waals surface area contributed by atoms with Crippen LogP contribution in [0.25, 0.3) is 16.7 Å². The first-order chi connectivity index (χ1) is 20.6. The van der Waals surface area contributed by atoms with Crippen molar-refractivity contribution in [2.24, 2.45) is 30.0 Å². The lowest BCUT2D eigenvalue weighted by Gasteiger charge is -2.07. The van der Waals surface area contributed by atoms with Gasteiger partial charge in [0.25, 0.3) is 0 Å². The summed E-state index contributed by atoms with van der Waals surface area (Å²) in [7, 11) is 0. The Morgan fingerprint density at radius 1 is 0.381 bits per heavy atom. The topological polar surface area (TPSA) is 262 Å².